The molecule has 0 saturated heterocycles. The molecule has 0 aliphatic carbocycles. The third-order valence-corrected chi connectivity index (χ3v) is 1.78. The highest BCUT2D eigenvalue weighted by Crippen LogP contribution is 2.10. The van der Waals surface area contributed by atoms with Crippen molar-refractivity contribution in [1.29, 1.82) is 0 Å². The molecule has 2 heteroatoms. The van der Waals surface area contributed by atoms with Crippen molar-refractivity contribution in [2.24, 2.45) is 0 Å². The lowest BCUT2D eigenvalue weighted by molar-refractivity contribution is 0.780. The molecule has 1 radical (unpaired) electrons. The van der Waals surface area contributed by atoms with Gasteiger partial charge in [-0.2, -0.15) is 0 Å². The van der Waals surface area contributed by atoms with E-state index in [-0.39, 0.29) is 0 Å². The van der Waals surface area contributed by atoms with Crippen molar-refractivity contribution in [1.82, 2.24) is 9.55 Å². The zero-order valence-electron chi connectivity index (χ0n) is 6.41. The van der Waals surface area contributed by atoms with Gasteiger partial charge < -0.3 is 4.57 Å². The number of rotatable bonds is 1. The summed E-state index contributed by atoms with van der Waals surface area (Å²) in [6.45, 7) is 3.02. The van der Waals surface area contributed by atoms with Crippen LogP contribution in [0.15, 0.2) is 24.3 Å². The molecule has 55 valence electrons. The van der Waals surface area contributed by atoms with Crippen molar-refractivity contribution >= 4 is 11.0 Å². The van der Waals surface area contributed by atoms with Gasteiger partial charge in [0.25, 0.3) is 0 Å². The van der Waals surface area contributed by atoms with Crippen LogP contribution in [-0.4, -0.2) is 9.55 Å². The van der Waals surface area contributed by atoms with Gasteiger partial charge in [0.05, 0.1) is 11.0 Å². The SMILES string of the molecule is CCn1[c]nc2ccccc21. The summed E-state index contributed by atoms with van der Waals surface area (Å²) < 4.78 is 2.01. The molecule has 0 saturated carbocycles. The van der Waals surface area contributed by atoms with Crippen LogP contribution < -0.4 is 0 Å². The van der Waals surface area contributed by atoms with Crippen LogP contribution in [0.2, 0.25) is 0 Å². The van der Waals surface area contributed by atoms with E-state index >= 15 is 0 Å². The highest BCUT2D eigenvalue weighted by Gasteiger charge is 1.97. The Morgan fingerprint density at radius 2 is 2.27 bits per heavy atom. The Kier molecular flexibility index (Phi) is 1.39. The van der Waals surface area contributed by atoms with E-state index in [1.807, 2.05) is 22.8 Å². The Bertz CT molecular complexity index is 362. The maximum atomic E-state index is 4.13. The lowest BCUT2D eigenvalue weighted by Crippen LogP contribution is -1.90. The molecule has 0 fully saturated rings. The number of aryl methyl sites for hydroxylation is 1. The van der Waals surface area contributed by atoms with Gasteiger partial charge in [0, 0.05) is 6.54 Å². The lowest BCUT2D eigenvalue weighted by atomic mass is 10.3. The molecule has 0 bridgehead atoms. The van der Waals surface area contributed by atoms with E-state index in [0.717, 1.165) is 17.6 Å². The summed E-state index contributed by atoms with van der Waals surface area (Å²) in [6, 6.07) is 8.06. The van der Waals surface area contributed by atoms with E-state index < -0.39 is 0 Å². The van der Waals surface area contributed by atoms with E-state index in [0.29, 0.717) is 0 Å². The summed E-state index contributed by atoms with van der Waals surface area (Å²) in [6.07, 6.45) is 2.93. The largest absolute Gasteiger partial charge is 0.322 e. The molecule has 0 spiro atoms. The van der Waals surface area contributed by atoms with E-state index in [1.165, 1.54) is 0 Å². The fraction of sp³-hybridized carbons (Fsp3) is 0.222. The molecule has 0 aliphatic rings. The van der Waals surface area contributed by atoms with E-state index in [4.69, 9.17) is 0 Å². The lowest BCUT2D eigenvalue weighted by Gasteiger charge is -1.95. The van der Waals surface area contributed by atoms with E-state index in [2.05, 4.69) is 24.3 Å². The summed E-state index contributed by atoms with van der Waals surface area (Å²) in [4.78, 5) is 4.13. The molecule has 2 rings (SSSR count). The Morgan fingerprint density at radius 3 is 3.09 bits per heavy atom. The molecule has 0 amide bonds. The quantitative estimate of drug-likeness (QED) is 0.598. The second-order valence-electron chi connectivity index (χ2n) is 2.44. The first-order chi connectivity index (χ1) is 5.42. The van der Waals surface area contributed by atoms with Crippen LogP contribution in [0.25, 0.3) is 11.0 Å². The van der Waals surface area contributed by atoms with Gasteiger partial charge in [-0.15, -0.1) is 0 Å². The summed E-state index contributed by atoms with van der Waals surface area (Å²) in [5.41, 5.74) is 2.18. The van der Waals surface area contributed by atoms with Gasteiger partial charge in [-0.25, -0.2) is 4.98 Å². The topological polar surface area (TPSA) is 17.8 Å². The molecular formula is C9H9N2. The van der Waals surface area contributed by atoms with Crippen molar-refractivity contribution in [3.05, 3.63) is 30.6 Å². The molecule has 2 nitrogen and oxygen atoms in total. The van der Waals surface area contributed by atoms with Gasteiger partial charge in [-0.1, -0.05) is 12.1 Å². The zero-order valence-corrected chi connectivity index (χ0v) is 6.41. The summed E-state index contributed by atoms with van der Waals surface area (Å²) in [7, 11) is 0. The molecule has 2 aromatic rings. The summed E-state index contributed by atoms with van der Waals surface area (Å²) in [5.74, 6) is 0. The third kappa shape index (κ3) is 0.909. The van der Waals surface area contributed by atoms with Crippen LogP contribution in [0.1, 0.15) is 6.92 Å². The smallest absolute Gasteiger partial charge is 0.177 e. The fourth-order valence-electron chi connectivity index (χ4n) is 1.20. The van der Waals surface area contributed by atoms with Crippen molar-refractivity contribution in [3.8, 4) is 0 Å². The highest BCUT2D eigenvalue weighted by atomic mass is 15.0. The standard InChI is InChI=1S/C9H9N2/c1-2-11-7-10-8-5-3-4-6-9(8)11/h3-6H,2H2,1H3. The van der Waals surface area contributed by atoms with Crippen molar-refractivity contribution in [2.75, 3.05) is 0 Å². The van der Waals surface area contributed by atoms with Crippen LogP contribution in [0, 0.1) is 6.33 Å². The second-order valence-corrected chi connectivity index (χ2v) is 2.44. The minimum atomic E-state index is 0.931. The summed E-state index contributed by atoms with van der Waals surface area (Å²) in [5, 5.41) is 0. The zero-order chi connectivity index (χ0) is 7.68. The average molecular weight is 145 g/mol. The molecule has 0 atom stereocenters. The number of nitrogens with zero attached hydrogens (tertiary/aromatic N) is 2. The van der Waals surface area contributed by atoms with Crippen molar-refractivity contribution < 1.29 is 0 Å². The van der Waals surface area contributed by atoms with Gasteiger partial charge in [0.15, 0.2) is 6.33 Å². The average Bonchev–Trinajstić information content (AvgIpc) is 2.47. The van der Waals surface area contributed by atoms with Crippen LogP contribution in [0.3, 0.4) is 0 Å². The molecule has 1 aromatic heterocycles. The Labute approximate surface area is 65.5 Å². The number of imidazole rings is 1. The second kappa shape index (κ2) is 2.38. The minimum absolute atomic E-state index is 0.931. The Morgan fingerprint density at radius 1 is 1.45 bits per heavy atom. The maximum Gasteiger partial charge on any atom is 0.177 e. The van der Waals surface area contributed by atoms with Crippen LogP contribution in [0.4, 0.5) is 0 Å². The maximum absolute atomic E-state index is 4.13. The van der Waals surface area contributed by atoms with Gasteiger partial charge in [0.2, 0.25) is 0 Å². The number of para-hydroxylation sites is 2. The molecular weight excluding hydrogens is 136 g/mol. The molecule has 0 unspecified atom stereocenters. The molecule has 11 heavy (non-hydrogen) atoms. The fourth-order valence-corrected chi connectivity index (χ4v) is 1.20. The molecule has 0 aliphatic heterocycles. The van der Waals surface area contributed by atoms with Gasteiger partial charge >= 0.3 is 0 Å². The van der Waals surface area contributed by atoms with Gasteiger partial charge in [-0.05, 0) is 19.1 Å². The van der Waals surface area contributed by atoms with E-state index in [1.54, 1.807) is 0 Å². The number of hydrogen-bond acceptors (Lipinski definition) is 1. The number of hydrogen-bond donors (Lipinski definition) is 0. The molecule has 1 heterocycles. The first kappa shape index (κ1) is 6.40. The van der Waals surface area contributed by atoms with Crippen molar-refractivity contribution in [2.45, 2.75) is 13.5 Å². The minimum Gasteiger partial charge on any atom is -0.322 e. The predicted octanol–water partition coefficient (Wildman–Crippen LogP) is 1.86. The number of aromatic nitrogens is 2. The van der Waals surface area contributed by atoms with Crippen molar-refractivity contribution in [3.63, 3.8) is 0 Å². The number of fused-ring (bicyclic) bond motifs is 1. The third-order valence-electron chi connectivity index (χ3n) is 1.78. The van der Waals surface area contributed by atoms with Crippen LogP contribution in [0.5, 0.6) is 0 Å². The summed E-state index contributed by atoms with van der Waals surface area (Å²) >= 11 is 0. The molecule has 0 N–H and O–H groups in total. The van der Waals surface area contributed by atoms with Crippen LogP contribution in [-0.2, 0) is 6.54 Å². The first-order valence-electron chi connectivity index (χ1n) is 3.75. The first-order valence-corrected chi connectivity index (χ1v) is 3.75. The van der Waals surface area contributed by atoms with Crippen LogP contribution >= 0.6 is 0 Å². The van der Waals surface area contributed by atoms with E-state index in [9.17, 15) is 0 Å². The highest BCUT2D eigenvalue weighted by molar-refractivity contribution is 5.74. The predicted molar refractivity (Wildman–Crippen MR) is 44.2 cm³/mol. The normalized spacial score (nSPS) is 10.6. The monoisotopic (exact) mass is 145 g/mol. The number of benzene rings is 1. The Hall–Kier alpha value is -1.31. The van der Waals surface area contributed by atoms with Gasteiger partial charge in [0.1, 0.15) is 0 Å². The Balaban J connectivity index is 2.76. The molecule has 1 aromatic carbocycles. The van der Waals surface area contributed by atoms with Gasteiger partial charge in [-0.3, -0.25) is 0 Å².